The summed E-state index contributed by atoms with van der Waals surface area (Å²) in [5.74, 6) is 2.01. The van der Waals surface area contributed by atoms with Crippen LogP contribution in [0.1, 0.15) is 41.5 Å². The first-order chi connectivity index (χ1) is 10.9. The minimum atomic E-state index is -1.99. The predicted molar refractivity (Wildman–Crippen MR) is 117 cm³/mol. The molecular weight excluding hydrogens is 512 g/mol. The van der Waals surface area contributed by atoms with Gasteiger partial charge in [-0.3, -0.25) is 0 Å². The van der Waals surface area contributed by atoms with Crippen molar-refractivity contribution in [2.24, 2.45) is 0 Å². The van der Waals surface area contributed by atoms with Gasteiger partial charge in [0.1, 0.15) is 0 Å². The second-order valence-corrected chi connectivity index (χ2v) is 20.2. The van der Waals surface area contributed by atoms with Gasteiger partial charge in [-0.2, -0.15) is 0 Å². The number of hydrogen-bond donors (Lipinski definition) is 0. The minimum absolute atomic E-state index is 0.0292. The Morgan fingerprint density at radius 3 is 1.25 bits per heavy atom. The zero-order valence-corrected chi connectivity index (χ0v) is 22.9. The van der Waals surface area contributed by atoms with E-state index >= 15 is 0 Å². The van der Waals surface area contributed by atoms with Crippen molar-refractivity contribution < 1.29 is 9.05 Å². The maximum atomic E-state index is 6.50. The third kappa shape index (κ3) is 5.28. The molecule has 10 heteroatoms. The molecule has 0 aromatic rings. The van der Waals surface area contributed by atoms with E-state index in [9.17, 15) is 0 Å². The Hall–Kier alpha value is 2.44. The fraction of sp³-hybridized carbons (Fsp3) is 1.00. The van der Waals surface area contributed by atoms with Crippen molar-refractivity contribution in [3.63, 3.8) is 0 Å². The molecule has 144 valence electrons. The van der Waals surface area contributed by atoms with Gasteiger partial charge in [0.2, 0.25) is 0 Å². The summed E-state index contributed by atoms with van der Waals surface area (Å²) in [7, 11) is 0. The maximum absolute atomic E-state index is 6.50. The Balaban J connectivity index is 3.24. The fourth-order valence-corrected chi connectivity index (χ4v) is 30.0. The number of thioether (sulfide) groups is 2. The average Bonchev–Trinajstić information content (AvgIpc) is 2.34. The third-order valence-corrected chi connectivity index (χ3v) is 21.4. The Morgan fingerprint density at radius 1 is 0.750 bits per heavy atom. The summed E-state index contributed by atoms with van der Waals surface area (Å²) in [6.45, 7) is 15.0. The molecule has 1 heterocycles. The first kappa shape index (κ1) is 24.5. The fourth-order valence-electron chi connectivity index (χ4n) is 2.63. The molecule has 0 spiro atoms. The van der Waals surface area contributed by atoms with Gasteiger partial charge < -0.3 is 0 Å². The van der Waals surface area contributed by atoms with Gasteiger partial charge in [-0.05, 0) is 0 Å². The van der Waals surface area contributed by atoms with Crippen molar-refractivity contribution in [3.8, 4) is 0 Å². The van der Waals surface area contributed by atoms with Crippen molar-refractivity contribution in [3.05, 3.63) is 0 Å². The van der Waals surface area contributed by atoms with E-state index in [2.05, 4.69) is 93.1 Å². The number of rotatable bonds is 8. The molecule has 0 aliphatic carbocycles. The molecule has 0 aromatic carbocycles. The summed E-state index contributed by atoms with van der Waals surface area (Å²) < 4.78 is 18.0. The standard InChI is InChI=1S/C14H32N2O2P2S2Se2/c1-13(2,3)15-19(23,17-9-11-21-7)16(14(4,5)6)20(15,24)18-10-12-22-8/h9-12H2,1-8H3. The molecular formula is C14H32N2O2P2S2Se2. The summed E-state index contributed by atoms with van der Waals surface area (Å²) in [4.78, 5) is 0. The van der Waals surface area contributed by atoms with Crippen molar-refractivity contribution in [2.45, 2.75) is 52.6 Å². The van der Waals surface area contributed by atoms with Gasteiger partial charge in [-0.25, -0.2) is 0 Å². The molecule has 0 unspecified atom stereocenters. The summed E-state index contributed by atoms with van der Waals surface area (Å²) in [5, 5.41) is 0. The van der Waals surface area contributed by atoms with Gasteiger partial charge in [-0.15, -0.1) is 0 Å². The van der Waals surface area contributed by atoms with E-state index in [1.807, 2.05) is 23.5 Å². The third-order valence-electron chi connectivity index (χ3n) is 3.25. The zero-order chi connectivity index (χ0) is 18.8. The van der Waals surface area contributed by atoms with Crippen molar-refractivity contribution in [1.82, 2.24) is 8.88 Å². The van der Waals surface area contributed by atoms with E-state index in [1.165, 1.54) is 0 Å². The molecule has 0 amide bonds. The predicted octanol–water partition coefficient (Wildman–Crippen LogP) is 4.65. The average molecular weight is 544 g/mol. The molecule has 0 atom stereocenters. The van der Waals surface area contributed by atoms with E-state index in [0.717, 1.165) is 24.7 Å². The van der Waals surface area contributed by atoms with Gasteiger partial charge in [-0.1, -0.05) is 0 Å². The van der Waals surface area contributed by atoms with Crippen LogP contribution in [0.5, 0.6) is 0 Å². The van der Waals surface area contributed by atoms with Crippen molar-refractivity contribution >= 4 is 65.8 Å². The molecule has 24 heavy (non-hydrogen) atoms. The molecule has 0 aromatic heterocycles. The summed E-state index contributed by atoms with van der Waals surface area (Å²) in [6, 6.07) is -3.98. The first-order valence-corrected chi connectivity index (χ1v) is 18.4. The van der Waals surface area contributed by atoms with E-state index in [-0.39, 0.29) is 11.1 Å². The molecule has 0 bridgehead atoms. The van der Waals surface area contributed by atoms with Gasteiger partial charge in [0, 0.05) is 0 Å². The van der Waals surface area contributed by atoms with E-state index in [1.54, 1.807) is 0 Å². The molecule has 1 aliphatic heterocycles. The number of hydrogen-bond acceptors (Lipinski definition) is 6. The molecule has 0 radical (unpaired) electrons. The van der Waals surface area contributed by atoms with Crippen LogP contribution in [-0.2, 0) is 9.05 Å². The van der Waals surface area contributed by atoms with Crippen LogP contribution in [0.25, 0.3) is 0 Å². The van der Waals surface area contributed by atoms with Crippen LogP contribution in [0.4, 0.5) is 0 Å². The van der Waals surface area contributed by atoms with Crippen LogP contribution >= 0.6 is 35.6 Å². The van der Waals surface area contributed by atoms with Gasteiger partial charge in [0.05, 0.1) is 0 Å². The Bertz CT molecular complexity index is 462. The van der Waals surface area contributed by atoms with Crippen LogP contribution in [-0.4, -0.2) is 87.4 Å². The summed E-state index contributed by atoms with van der Waals surface area (Å²) in [5.41, 5.74) is -0.0585. The van der Waals surface area contributed by atoms with E-state index in [4.69, 9.17) is 9.05 Å². The van der Waals surface area contributed by atoms with Crippen LogP contribution in [0.3, 0.4) is 0 Å². The van der Waals surface area contributed by atoms with Crippen LogP contribution < -0.4 is 0 Å². The van der Waals surface area contributed by atoms with Gasteiger partial charge in [0.15, 0.2) is 0 Å². The Kier molecular flexibility index (Phi) is 9.48. The van der Waals surface area contributed by atoms with Gasteiger partial charge >= 0.3 is 174 Å². The quantitative estimate of drug-likeness (QED) is 0.251. The van der Waals surface area contributed by atoms with Crippen LogP contribution in [0.2, 0.25) is 0 Å². The second-order valence-electron chi connectivity index (χ2n) is 7.55. The van der Waals surface area contributed by atoms with E-state index in [0.29, 0.717) is 0 Å². The molecule has 1 rings (SSSR count). The normalized spacial score (nSPS) is 29.7. The number of nitrogens with zero attached hydrogens (tertiary/aromatic N) is 2. The molecule has 0 N–H and O–H groups in total. The molecule has 1 fully saturated rings. The molecule has 4 nitrogen and oxygen atoms in total. The monoisotopic (exact) mass is 546 g/mol. The zero-order valence-electron chi connectivity index (χ0n) is 16.1. The van der Waals surface area contributed by atoms with Crippen LogP contribution in [0, 0.1) is 0 Å². The Morgan fingerprint density at radius 2 is 1.04 bits per heavy atom. The van der Waals surface area contributed by atoms with Gasteiger partial charge in [0.25, 0.3) is 0 Å². The Labute approximate surface area is 172 Å². The summed E-state index contributed by atoms with van der Waals surface area (Å²) >= 11 is 10.6. The van der Waals surface area contributed by atoms with Crippen molar-refractivity contribution in [1.29, 1.82) is 0 Å². The first-order valence-electron chi connectivity index (χ1n) is 7.95. The van der Waals surface area contributed by atoms with Crippen LogP contribution in [0.15, 0.2) is 0 Å². The van der Waals surface area contributed by atoms with Crippen molar-refractivity contribution in [2.75, 3.05) is 37.2 Å². The van der Waals surface area contributed by atoms with E-state index < -0.39 is 12.1 Å². The SMILES string of the molecule is CSCCOP1(=[Se])N(C(C)(C)C)P(=[Se])(OCCSC)N1C(C)(C)C. The summed E-state index contributed by atoms with van der Waals surface area (Å²) in [6.07, 6.45) is 4.24. The second kappa shape index (κ2) is 9.29. The molecule has 1 saturated heterocycles. The molecule has 1 aliphatic rings. The molecule has 0 saturated carbocycles. The topological polar surface area (TPSA) is 24.9 Å².